The molecule has 210 valence electrons. The molecule has 0 saturated heterocycles. The summed E-state index contributed by atoms with van der Waals surface area (Å²) >= 11 is 0. The van der Waals surface area contributed by atoms with Gasteiger partial charge in [-0.3, -0.25) is 0 Å². The minimum atomic E-state index is -0.328. The molecular formula is C39H38N2O. The summed E-state index contributed by atoms with van der Waals surface area (Å²) < 4.78 is 9.18. The van der Waals surface area contributed by atoms with Gasteiger partial charge >= 0.3 is 0 Å². The Balaban J connectivity index is 1.26. The van der Waals surface area contributed by atoms with Gasteiger partial charge in [-0.1, -0.05) is 85.8 Å². The second-order valence-corrected chi connectivity index (χ2v) is 13.2. The van der Waals surface area contributed by atoms with E-state index in [-0.39, 0.29) is 29.4 Å². The van der Waals surface area contributed by atoms with Crippen molar-refractivity contribution in [2.45, 2.75) is 75.3 Å². The van der Waals surface area contributed by atoms with E-state index >= 15 is 0 Å². The molecule has 42 heavy (non-hydrogen) atoms. The van der Waals surface area contributed by atoms with E-state index in [0.29, 0.717) is 11.8 Å². The maximum absolute atomic E-state index is 10.6. The van der Waals surface area contributed by atoms with E-state index in [1.807, 2.05) is 0 Å². The van der Waals surface area contributed by atoms with Crippen LogP contribution in [-0.2, 0) is 6.42 Å². The van der Waals surface area contributed by atoms with Gasteiger partial charge in [-0.25, -0.2) is 0 Å². The van der Waals surface area contributed by atoms with Gasteiger partial charge in [0.2, 0.25) is 0 Å². The Morgan fingerprint density at radius 2 is 1.79 bits per heavy atom. The fourth-order valence-corrected chi connectivity index (χ4v) is 9.04. The van der Waals surface area contributed by atoms with E-state index in [1.54, 1.807) is 0 Å². The first-order valence-electron chi connectivity index (χ1n) is 15.8. The minimum Gasteiger partial charge on any atom is -0.483 e. The van der Waals surface area contributed by atoms with Gasteiger partial charge < -0.3 is 9.30 Å². The van der Waals surface area contributed by atoms with Crippen LogP contribution in [0, 0.1) is 23.2 Å². The molecule has 4 aromatic rings. The highest BCUT2D eigenvalue weighted by molar-refractivity contribution is 5.92. The van der Waals surface area contributed by atoms with Crippen LogP contribution in [0.5, 0.6) is 5.75 Å². The summed E-state index contributed by atoms with van der Waals surface area (Å²) in [5.41, 5.74) is 7.81. The largest absolute Gasteiger partial charge is 0.483 e. The number of aromatic nitrogens is 1. The average molecular weight is 551 g/mol. The lowest BCUT2D eigenvalue weighted by Crippen LogP contribution is -2.37. The van der Waals surface area contributed by atoms with E-state index in [2.05, 4.69) is 122 Å². The quantitative estimate of drug-likeness (QED) is 0.238. The standard InChI is InChI=1S/C39H38N2O/c1-25-20-21-28(24-40)38(41-33-17-6-3-13-30(33)31-14-4-7-18-34(31)41)36(25)27-12-9-11-26(23-27)29-16-10-22-39(2)37(29)32-15-5-8-19-35(32)42-39/h3-6,8-15,17,19,22-23,25,28-29,36-38H,7,16,18,20-21H2,1-2H3. The second-order valence-electron chi connectivity index (χ2n) is 13.2. The summed E-state index contributed by atoms with van der Waals surface area (Å²) in [6, 6.07) is 29.8. The zero-order valence-electron chi connectivity index (χ0n) is 24.5. The van der Waals surface area contributed by atoms with E-state index in [0.717, 1.165) is 37.9 Å². The number of fused-ring (bicyclic) bond motifs is 6. The molecule has 3 heteroatoms. The maximum Gasteiger partial charge on any atom is 0.132 e. The number of hydrogen-bond acceptors (Lipinski definition) is 2. The van der Waals surface area contributed by atoms with Crippen LogP contribution in [0.3, 0.4) is 0 Å². The van der Waals surface area contributed by atoms with Crippen LogP contribution >= 0.6 is 0 Å². The molecule has 8 rings (SSSR count). The van der Waals surface area contributed by atoms with Crippen LogP contribution in [-0.4, -0.2) is 10.2 Å². The van der Waals surface area contributed by atoms with E-state index in [9.17, 15) is 5.26 Å². The van der Waals surface area contributed by atoms with Gasteiger partial charge in [0.15, 0.2) is 0 Å². The molecule has 2 heterocycles. The predicted octanol–water partition coefficient (Wildman–Crippen LogP) is 9.47. The van der Waals surface area contributed by atoms with Gasteiger partial charge in [-0.2, -0.15) is 5.26 Å². The number of nitrogens with zero attached hydrogens (tertiary/aromatic N) is 2. The Bertz CT molecular complexity index is 1790. The fourth-order valence-electron chi connectivity index (χ4n) is 9.04. The van der Waals surface area contributed by atoms with Crippen LogP contribution in [0.15, 0.2) is 91.0 Å². The van der Waals surface area contributed by atoms with Crippen LogP contribution in [0.2, 0.25) is 0 Å². The van der Waals surface area contributed by atoms with Crippen LogP contribution in [0.25, 0.3) is 17.0 Å². The van der Waals surface area contributed by atoms with E-state index in [4.69, 9.17) is 4.74 Å². The molecule has 7 unspecified atom stereocenters. The highest BCUT2D eigenvalue weighted by Crippen LogP contribution is 2.56. The van der Waals surface area contributed by atoms with E-state index in [1.165, 1.54) is 38.9 Å². The van der Waals surface area contributed by atoms with Crippen molar-refractivity contribution in [1.82, 2.24) is 4.57 Å². The summed E-state index contributed by atoms with van der Waals surface area (Å²) in [6.07, 6.45) is 14.4. The highest BCUT2D eigenvalue weighted by atomic mass is 16.5. The van der Waals surface area contributed by atoms with Crippen LogP contribution in [0.4, 0.5) is 0 Å². The summed E-state index contributed by atoms with van der Waals surface area (Å²) in [4.78, 5) is 0. The molecule has 3 nitrogen and oxygen atoms in total. The van der Waals surface area contributed by atoms with Crippen molar-refractivity contribution in [2.75, 3.05) is 0 Å². The molecule has 1 aliphatic heterocycles. The first-order valence-corrected chi connectivity index (χ1v) is 15.8. The molecule has 3 aliphatic carbocycles. The van der Waals surface area contributed by atoms with Gasteiger partial charge in [0.05, 0.1) is 18.0 Å². The molecule has 1 saturated carbocycles. The number of para-hydroxylation sites is 2. The Morgan fingerprint density at radius 1 is 0.952 bits per heavy atom. The van der Waals surface area contributed by atoms with Gasteiger partial charge in [-0.05, 0) is 80.2 Å². The smallest absolute Gasteiger partial charge is 0.132 e. The topological polar surface area (TPSA) is 38.0 Å². The first kappa shape index (κ1) is 25.7. The SMILES string of the molecule is CC1CCC(C#N)C(n2c3c(c4ccccc42)C=CCC3)C1c1cccc(C2CC=CC3(C)Oc4ccccc4C23)c1. The molecule has 1 aromatic heterocycles. The molecule has 7 atom stereocenters. The number of rotatable bonds is 3. The Morgan fingerprint density at radius 3 is 2.69 bits per heavy atom. The second kappa shape index (κ2) is 9.77. The van der Waals surface area contributed by atoms with Crippen molar-refractivity contribution in [3.05, 3.63) is 119 Å². The highest BCUT2D eigenvalue weighted by Gasteiger charge is 2.49. The van der Waals surface area contributed by atoms with Crippen molar-refractivity contribution in [1.29, 1.82) is 5.26 Å². The van der Waals surface area contributed by atoms with Crippen LogP contribution < -0.4 is 4.74 Å². The fraction of sp³-hybridized carbons (Fsp3) is 0.359. The monoisotopic (exact) mass is 550 g/mol. The summed E-state index contributed by atoms with van der Waals surface area (Å²) in [6.45, 7) is 4.66. The van der Waals surface area contributed by atoms with Crippen molar-refractivity contribution >= 4 is 17.0 Å². The minimum absolute atomic E-state index is 0.0170. The third-order valence-electron chi connectivity index (χ3n) is 10.8. The van der Waals surface area contributed by atoms with Crippen molar-refractivity contribution in [2.24, 2.45) is 11.8 Å². The molecule has 0 amide bonds. The Kier molecular flexibility index (Phi) is 5.97. The number of nitriles is 1. The van der Waals surface area contributed by atoms with Crippen molar-refractivity contribution in [3.8, 4) is 11.8 Å². The third-order valence-corrected chi connectivity index (χ3v) is 10.8. The normalized spacial score (nSPS) is 31.2. The molecule has 3 aromatic carbocycles. The number of benzene rings is 3. The molecule has 0 bridgehead atoms. The molecule has 0 spiro atoms. The lowest BCUT2D eigenvalue weighted by Gasteiger charge is -2.42. The van der Waals surface area contributed by atoms with Gasteiger partial charge in [0.1, 0.15) is 11.4 Å². The zero-order chi connectivity index (χ0) is 28.4. The molecule has 1 fully saturated rings. The molecule has 0 N–H and O–H groups in total. The molecule has 4 aliphatic rings. The lowest BCUT2D eigenvalue weighted by atomic mass is 9.66. The first-order chi connectivity index (χ1) is 20.6. The van der Waals surface area contributed by atoms with Gasteiger partial charge in [-0.15, -0.1) is 0 Å². The number of hydrogen-bond donors (Lipinski definition) is 0. The van der Waals surface area contributed by atoms with E-state index < -0.39 is 0 Å². The van der Waals surface area contributed by atoms with Crippen molar-refractivity contribution in [3.63, 3.8) is 0 Å². The van der Waals surface area contributed by atoms with Gasteiger partial charge in [0, 0.05) is 39.6 Å². The van der Waals surface area contributed by atoms with Crippen molar-refractivity contribution < 1.29 is 4.74 Å². The summed E-state index contributed by atoms with van der Waals surface area (Å²) in [5, 5.41) is 11.9. The van der Waals surface area contributed by atoms with Gasteiger partial charge in [0.25, 0.3) is 0 Å². The Labute approximate surface area is 249 Å². The zero-order valence-corrected chi connectivity index (χ0v) is 24.5. The third kappa shape index (κ3) is 3.77. The lowest BCUT2D eigenvalue weighted by molar-refractivity contribution is 0.123. The predicted molar refractivity (Wildman–Crippen MR) is 170 cm³/mol. The maximum atomic E-state index is 10.6. The van der Waals surface area contributed by atoms with Crippen LogP contribution in [0.1, 0.15) is 91.3 Å². The molecular weight excluding hydrogens is 512 g/mol. The summed E-state index contributed by atoms with van der Waals surface area (Å²) in [5.74, 6) is 2.39. The Hall–Kier alpha value is -4.03. The summed E-state index contributed by atoms with van der Waals surface area (Å²) in [7, 11) is 0. The average Bonchev–Trinajstić information content (AvgIpc) is 3.52. The molecule has 0 radical (unpaired) electrons. The number of ether oxygens (including phenoxy) is 1. The number of allylic oxidation sites excluding steroid dienone is 2.